The van der Waals surface area contributed by atoms with E-state index in [0.717, 1.165) is 11.1 Å². The lowest BCUT2D eigenvalue weighted by Gasteiger charge is -2.24. The van der Waals surface area contributed by atoms with Crippen molar-refractivity contribution in [2.75, 3.05) is 0 Å². The second-order valence-corrected chi connectivity index (χ2v) is 6.28. The molecule has 6 heteroatoms. The molecule has 3 aromatic rings. The van der Waals surface area contributed by atoms with Crippen molar-refractivity contribution < 1.29 is 14.3 Å². The normalized spacial score (nSPS) is 18.9. The molecule has 0 amide bonds. The van der Waals surface area contributed by atoms with Crippen molar-refractivity contribution in [3.05, 3.63) is 90.3 Å². The molecule has 1 unspecified atom stereocenters. The minimum atomic E-state index is -1.81. The monoisotopic (exact) mass is 361 g/mol. The molecule has 2 aromatic carbocycles. The molecule has 5 nitrogen and oxygen atoms in total. The van der Waals surface area contributed by atoms with E-state index in [1.165, 1.54) is 29.2 Å². The lowest BCUT2D eigenvalue weighted by atomic mass is 9.96. The Balaban J connectivity index is 1.59. The van der Waals surface area contributed by atoms with Crippen molar-refractivity contribution in [3.8, 4) is 11.4 Å². The Kier molecular flexibility index (Phi) is 4.16. The van der Waals surface area contributed by atoms with Crippen LogP contribution in [-0.4, -0.2) is 25.8 Å². The van der Waals surface area contributed by atoms with E-state index in [1.54, 1.807) is 18.2 Å². The van der Waals surface area contributed by atoms with Crippen LogP contribution in [0.5, 0.6) is 0 Å². The van der Waals surface area contributed by atoms with Gasteiger partial charge < -0.3 is 5.11 Å². The van der Waals surface area contributed by atoms with Crippen molar-refractivity contribution in [1.82, 2.24) is 14.8 Å². The van der Waals surface area contributed by atoms with E-state index < -0.39 is 11.8 Å². The number of aromatic carboxylic acids is 1. The molecule has 0 radical (unpaired) electrons. The van der Waals surface area contributed by atoms with Crippen molar-refractivity contribution in [3.63, 3.8) is 0 Å². The van der Waals surface area contributed by atoms with E-state index in [0.29, 0.717) is 5.56 Å². The Morgan fingerprint density at radius 3 is 2.59 bits per heavy atom. The van der Waals surface area contributed by atoms with Crippen LogP contribution in [0.3, 0.4) is 0 Å². The second-order valence-electron chi connectivity index (χ2n) is 6.28. The summed E-state index contributed by atoms with van der Waals surface area (Å²) in [6.45, 7) is 0. The standard InChI is InChI=1S/C21H16FN3O2/c22-21(11-9-16(10-12-21)15-5-2-1-3-6-15)25-14-23-19(24-25)17-7-4-8-18(13-17)20(26)27/h1-11,13-14H,12H2,(H,26,27). The fourth-order valence-corrected chi connectivity index (χ4v) is 2.99. The first-order chi connectivity index (χ1) is 13.0. The largest absolute Gasteiger partial charge is 0.478 e. The van der Waals surface area contributed by atoms with Crippen LogP contribution >= 0.6 is 0 Å². The lowest BCUT2D eigenvalue weighted by molar-refractivity contribution is 0.0697. The first kappa shape index (κ1) is 16.9. The molecule has 1 N–H and O–H groups in total. The summed E-state index contributed by atoms with van der Waals surface area (Å²) in [4.78, 5) is 15.3. The maximum Gasteiger partial charge on any atom is 0.335 e. The highest BCUT2D eigenvalue weighted by atomic mass is 19.1. The molecule has 1 atom stereocenters. The van der Waals surface area contributed by atoms with Gasteiger partial charge in [-0.25, -0.2) is 18.9 Å². The number of carbonyl (C=O) groups is 1. The number of allylic oxidation sites excluding steroid dienone is 4. The smallest absolute Gasteiger partial charge is 0.335 e. The van der Waals surface area contributed by atoms with Gasteiger partial charge in [0.1, 0.15) is 6.33 Å². The molecule has 1 heterocycles. The number of nitrogens with zero attached hydrogens (tertiary/aromatic N) is 3. The number of carboxylic acids is 1. The Labute approximate surface area is 155 Å². The zero-order chi connectivity index (χ0) is 18.9. The molecule has 0 fully saturated rings. The van der Waals surface area contributed by atoms with Crippen LogP contribution in [0.1, 0.15) is 22.3 Å². The van der Waals surface area contributed by atoms with Gasteiger partial charge in [0.2, 0.25) is 5.79 Å². The van der Waals surface area contributed by atoms with Crippen molar-refractivity contribution in [1.29, 1.82) is 0 Å². The quantitative estimate of drug-likeness (QED) is 0.752. The summed E-state index contributed by atoms with van der Waals surface area (Å²) in [5.74, 6) is -2.57. The molecular weight excluding hydrogens is 345 g/mol. The van der Waals surface area contributed by atoms with E-state index in [1.807, 2.05) is 36.4 Å². The third kappa shape index (κ3) is 3.29. The van der Waals surface area contributed by atoms with Gasteiger partial charge in [0.05, 0.1) is 5.56 Å². The first-order valence-electron chi connectivity index (χ1n) is 8.45. The molecule has 4 rings (SSSR count). The zero-order valence-electron chi connectivity index (χ0n) is 14.3. The molecule has 0 saturated carbocycles. The van der Waals surface area contributed by atoms with Crippen LogP contribution in [0, 0.1) is 0 Å². The van der Waals surface area contributed by atoms with E-state index in [-0.39, 0.29) is 17.8 Å². The molecular formula is C21H16FN3O2. The summed E-state index contributed by atoms with van der Waals surface area (Å²) in [7, 11) is 0. The van der Waals surface area contributed by atoms with E-state index in [2.05, 4.69) is 10.1 Å². The number of alkyl halides is 1. The average molecular weight is 361 g/mol. The Bertz CT molecular complexity index is 1060. The summed E-state index contributed by atoms with van der Waals surface area (Å²) in [6.07, 6.45) is 6.51. The lowest BCUT2D eigenvalue weighted by Crippen LogP contribution is -2.27. The van der Waals surface area contributed by atoms with Crippen molar-refractivity contribution in [2.24, 2.45) is 0 Å². The third-order valence-electron chi connectivity index (χ3n) is 4.47. The highest BCUT2D eigenvalue weighted by molar-refractivity contribution is 5.89. The van der Waals surface area contributed by atoms with Gasteiger partial charge in [-0.3, -0.25) is 0 Å². The maximum atomic E-state index is 15.4. The molecule has 1 aliphatic rings. The van der Waals surface area contributed by atoms with Crippen LogP contribution in [-0.2, 0) is 5.79 Å². The fraction of sp³-hybridized carbons (Fsp3) is 0.0952. The molecule has 0 aliphatic heterocycles. The minimum absolute atomic E-state index is 0.131. The molecule has 27 heavy (non-hydrogen) atoms. The fourth-order valence-electron chi connectivity index (χ4n) is 2.99. The van der Waals surface area contributed by atoms with Crippen LogP contribution in [0.25, 0.3) is 17.0 Å². The number of aromatic nitrogens is 3. The number of hydrogen-bond acceptors (Lipinski definition) is 3. The minimum Gasteiger partial charge on any atom is -0.478 e. The van der Waals surface area contributed by atoms with E-state index in [4.69, 9.17) is 5.11 Å². The summed E-state index contributed by atoms with van der Waals surface area (Å²) < 4.78 is 16.5. The topological polar surface area (TPSA) is 68.0 Å². The van der Waals surface area contributed by atoms with Gasteiger partial charge in [-0.05, 0) is 29.3 Å². The first-order valence-corrected chi connectivity index (χ1v) is 8.45. The van der Waals surface area contributed by atoms with Crippen LogP contribution in [0.15, 0.2) is 79.2 Å². The van der Waals surface area contributed by atoms with E-state index in [9.17, 15) is 4.79 Å². The average Bonchev–Trinajstić information content (AvgIpc) is 3.21. The number of hydrogen-bond donors (Lipinski definition) is 1. The number of rotatable bonds is 4. The summed E-state index contributed by atoms with van der Waals surface area (Å²) in [5, 5.41) is 13.3. The van der Waals surface area contributed by atoms with Crippen LogP contribution in [0.2, 0.25) is 0 Å². The second kappa shape index (κ2) is 6.64. The van der Waals surface area contributed by atoms with Crippen molar-refractivity contribution in [2.45, 2.75) is 12.2 Å². The molecule has 1 aliphatic carbocycles. The molecule has 0 spiro atoms. The third-order valence-corrected chi connectivity index (χ3v) is 4.47. The zero-order valence-corrected chi connectivity index (χ0v) is 14.3. The number of carboxylic acid groups (broad SMARTS) is 1. The predicted molar refractivity (Wildman–Crippen MR) is 99.7 cm³/mol. The van der Waals surface area contributed by atoms with Gasteiger partial charge >= 0.3 is 5.97 Å². The molecule has 1 aromatic heterocycles. The van der Waals surface area contributed by atoms with Crippen LogP contribution in [0.4, 0.5) is 4.39 Å². The van der Waals surface area contributed by atoms with Crippen LogP contribution < -0.4 is 0 Å². The van der Waals surface area contributed by atoms with Gasteiger partial charge in [-0.1, -0.05) is 54.6 Å². The van der Waals surface area contributed by atoms with Crippen molar-refractivity contribution >= 4 is 11.5 Å². The van der Waals surface area contributed by atoms with Gasteiger partial charge in [0, 0.05) is 12.0 Å². The number of benzene rings is 2. The highest BCUT2D eigenvalue weighted by Crippen LogP contribution is 2.33. The highest BCUT2D eigenvalue weighted by Gasteiger charge is 2.31. The summed E-state index contributed by atoms with van der Waals surface area (Å²) >= 11 is 0. The molecule has 0 saturated heterocycles. The molecule has 0 bridgehead atoms. The number of halogens is 1. The Hall–Kier alpha value is -3.54. The summed E-state index contributed by atoms with van der Waals surface area (Å²) in [6, 6.07) is 16.0. The van der Waals surface area contributed by atoms with Gasteiger partial charge in [0.15, 0.2) is 5.82 Å². The predicted octanol–water partition coefficient (Wildman–Crippen LogP) is 4.31. The maximum absolute atomic E-state index is 15.4. The Morgan fingerprint density at radius 2 is 1.89 bits per heavy atom. The summed E-state index contributed by atoms with van der Waals surface area (Å²) in [5.41, 5.74) is 2.64. The van der Waals surface area contributed by atoms with Gasteiger partial charge in [0.25, 0.3) is 0 Å². The van der Waals surface area contributed by atoms with Gasteiger partial charge in [-0.2, -0.15) is 0 Å². The van der Waals surface area contributed by atoms with Gasteiger partial charge in [-0.15, -0.1) is 5.10 Å². The SMILES string of the molecule is O=C(O)c1cccc(-c2ncn(C3(F)C=CC(c4ccccc4)=CC3)n2)c1. The Morgan fingerprint density at radius 1 is 1.11 bits per heavy atom. The van der Waals surface area contributed by atoms with E-state index >= 15 is 4.39 Å². The molecule has 134 valence electrons.